The van der Waals surface area contributed by atoms with Gasteiger partial charge in [-0.3, -0.25) is 4.79 Å². The van der Waals surface area contributed by atoms with Crippen molar-refractivity contribution in [3.05, 3.63) is 34.9 Å². The van der Waals surface area contributed by atoms with Crippen LogP contribution in [0, 0.1) is 18.8 Å². The van der Waals surface area contributed by atoms with Crippen LogP contribution in [0.25, 0.3) is 0 Å². The second-order valence-corrected chi connectivity index (χ2v) is 4.39. The summed E-state index contributed by atoms with van der Waals surface area (Å²) < 4.78 is 5.02. The molecule has 1 N–H and O–H groups in total. The molecule has 1 rings (SSSR count). The van der Waals surface area contributed by atoms with E-state index in [1.165, 1.54) is 0 Å². The van der Waals surface area contributed by atoms with E-state index in [2.05, 4.69) is 11.8 Å². The van der Waals surface area contributed by atoms with Gasteiger partial charge in [0.15, 0.2) is 0 Å². The minimum absolute atomic E-state index is 0.0632. The maximum Gasteiger partial charge on any atom is 0.255 e. The van der Waals surface area contributed by atoms with Crippen LogP contribution in [0.4, 0.5) is 0 Å². The fourth-order valence-corrected chi connectivity index (χ4v) is 1.86. The van der Waals surface area contributed by atoms with Crippen molar-refractivity contribution >= 4 is 5.91 Å². The molecule has 0 aliphatic carbocycles. The molecule has 20 heavy (non-hydrogen) atoms. The van der Waals surface area contributed by atoms with Crippen LogP contribution >= 0.6 is 0 Å². The van der Waals surface area contributed by atoms with Crippen molar-refractivity contribution in [1.82, 2.24) is 4.90 Å². The fraction of sp³-hybridized carbons (Fsp3) is 0.438. The van der Waals surface area contributed by atoms with E-state index < -0.39 is 0 Å². The van der Waals surface area contributed by atoms with Gasteiger partial charge in [0.25, 0.3) is 5.91 Å². The van der Waals surface area contributed by atoms with Crippen LogP contribution < -0.4 is 0 Å². The molecule has 4 nitrogen and oxygen atoms in total. The van der Waals surface area contributed by atoms with Crippen LogP contribution in [-0.2, 0) is 4.74 Å². The normalized spacial score (nSPS) is 9.80. The molecule has 0 saturated carbocycles. The molecule has 0 spiro atoms. The Kier molecular flexibility index (Phi) is 6.78. The molecule has 1 aromatic carbocycles. The van der Waals surface area contributed by atoms with Gasteiger partial charge in [-0.1, -0.05) is 17.9 Å². The Labute approximate surface area is 120 Å². The average Bonchev–Trinajstić information content (AvgIpc) is 2.45. The van der Waals surface area contributed by atoms with Crippen molar-refractivity contribution in [3.8, 4) is 11.8 Å². The number of hydrogen-bond acceptors (Lipinski definition) is 3. The van der Waals surface area contributed by atoms with E-state index in [1.54, 1.807) is 18.1 Å². The number of benzene rings is 1. The highest BCUT2D eigenvalue weighted by Crippen LogP contribution is 2.13. The maximum atomic E-state index is 12.5. The van der Waals surface area contributed by atoms with Crippen LogP contribution in [0.1, 0.15) is 28.4 Å². The maximum absolute atomic E-state index is 12.5. The summed E-state index contributed by atoms with van der Waals surface area (Å²) in [6.45, 7) is 5.32. The number of ether oxygens (including phenoxy) is 1. The Hall–Kier alpha value is -1.83. The van der Waals surface area contributed by atoms with E-state index in [0.29, 0.717) is 30.8 Å². The van der Waals surface area contributed by atoms with Crippen molar-refractivity contribution in [2.24, 2.45) is 0 Å². The standard InChI is InChI=1S/C16H21NO3/c1-4-17(9-11-20-3)16(19)15-8-7-13(2)12-14(15)6-5-10-18/h7-8,12,18H,4,9-11H2,1-3H3. The van der Waals surface area contributed by atoms with Gasteiger partial charge in [-0.2, -0.15) is 0 Å². The lowest BCUT2D eigenvalue weighted by atomic mass is 10.0. The summed E-state index contributed by atoms with van der Waals surface area (Å²) in [7, 11) is 1.61. The minimum Gasteiger partial charge on any atom is -0.384 e. The van der Waals surface area contributed by atoms with Gasteiger partial charge in [-0.15, -0.1) is 0 Å². The number of aliphatic hydroxyl groups excluding tert-OH is 1. The van der Waals surface area contributed by atoms with Crippen LogP contribution in [0.5, 0.6) is 0 Å². The summed E-state index contributed by atoms with van der Waals surface area (Å²) in [6, 6.07) is 5.54. The number of carbonyl (C=O) groups excluding carboxylic acids is 1. The van der Waals surface area contributed by atoms with Gasteiger partial charge < -0.3 is 14.7 Å². The average molecular weight is 275 g/mol. The zero-order valence-electron chi connectivity index (χ0n) is 12.3. The largest absolute Gasteiger partial charge is 0.384 e. The monoisotopic (exact) mass is 275 g/mol. The van der Waals surface area contributed by atoms with Crippen molar-refractivity contribution in [2.45, 2.75) is 13.8 Å². The summed E-state index contributed by atoms with van der Waals surface area (Å²) in [4.78, 5) is 14.2. The van der Waals surface area contributed by atoms with Gasteiger partial charge in [-0.25, -0.2) is 0 Å². The van der Waals surface area contributed by atoms with Crippen molar-refractivity contribution < 1.29 is 14.6 Å². The summed E-state index contributed by atoms with van der Waals surface area (Å²) in [5.41, 5.74) is 2.25. The molecule has 1 amide bonds. The molecule has 0 fully saturated rings. The van der Waals surface area contributed by atoms with Crippen molar-refractivity contribution in [2.75, 3.05) is 33.4 Å². The third-order valence-electron chi connectivity index (χ3n) is 2.94. The first-order chi connectivity index (χ1) is 9.63. The number of aliphatic hydroxyl groups is 1. The third kappa shape index (κ3) is 4.37. The van der Waals surface area contributed by atoms with Crippen LogP contribution in [0.15, 0.2) is 18.2 Å². The number of nitrogens with zero attached hydrogens (tertiary/aromatic N) is 1. The highest BCUT2D eigenvalue weighted by Gasteiger charge is 2.16. The van der Waals surface area contributed by atoms with E-state index in [0.717, 1.165) is 5.56 Å². The second kappa shape index (κ2) is 8.36. The molecule has 0 atom stereocenters. The van der Waals surface area contributed by atoms with Gasteiger partial charge in [0.05, 0.1) is 12.2 Å². The Morgan fingerprint density at radius 3 is 2.80 bits per heavy atom. The lowest BCUT2D eigenvalue weighted by Gasteiger charge is -2.21. The molecule has 4 heteroatoms. The van der Waals surface area contributed by atoms with E-state index in [1.807, 2.05) is 26.0 Å². The third-order valence-corrected chi connectivity index (χ3v) is 2.94. The van der Waals surface area contributed by atoms with E-state index in [4.69, 9.17) is 9.84 Å². The number of rotatable bonds is 5. The molecule has 0 saturated heterocycles. The zero-order valence-corrected chi connectivity index (χ0v) is 12.3. The van der Waals surface area contributed by atoms with Gasteiger partial charge in [0, 0.05) is 25.8 Å². The minimum atomic E-state index is -0.220. The fourth-order valence-electron chi connectivity index (χ4n) is 1.86. The Balaban J connectivity index is 3.07. The predicted octanol–water partition coefficient (Wildman–Crippen LogP) is 1.45. The molecular formula is C16H21NO3. The smallest absolute Gasteiger partial charge is 0.255 e. The molecular weight excluding hydrogens is 254 g/mol. The number of aryl methyl sites for hydroxylation is 1. The molecule has 0 aromatic heterocycles. The van der Waals surface area contributed by atoms with Gasteiger partial charge >= 0.3 is 0 Å². The van der Waals surface area contributed by atoms with Crippen molar-refractivity contribution in [1.29, 1.82) is 0 Å². The number of methoxy groups -OCH3 is 1. The van der Waals surface area contributed by atoms with E-state index in [9.17, 15) is 4.79 Å². The number of amides is 1. The van der Waals surface area contributed by atoms with E-state index >= 15 is 0 Å². The molecule has 0 aliphatic heterocycles. The highest BCUT2D eigenvalue weighted by atomic mass is 16.5. The Morgan fingerprint density at radius 1 is 1.45 bits per heavy atom. The number of carbonyl (C=O) groups is 1. The summed E-state index contributed by atoms with van der Waals surface area (Å²) >= 11 is 0. The first-order valence-corrected chi connectivity index (χ1v) is 6.62. The van der Waals surface area contributed by atoms with Crippen LogP contribution in [0.3, 0.4) is 0 Å². The summed E-state index contributed by atoms with van der Waals surface area (Å²) in [5.74, 6) is 5.38. The SMILES string of the molecule is CCN(CCOC)C(=O)c1ccc(C)cc1C#CCO. The van der Waals surface area contributed by atoms with Gasteiger partial charge in [0.1, 0.15) is 6.61 Å². The molecule has 1 aromatic rings. The Bertz CT molecular complexity index is 514. The quantitative estimate of drug-likeness (QED) is 0.827. The van der Waals surface area contributed by atoms with Gasteiger partial charge in [-0.05, 0) is 31.5 Å². The first-order valence-electron chi connectivity index (χ1n) is 6.62. The Morgan fingerprint density at radius 2 is 2.20 bits per heavy atom. The van der Waals surface area contributed by atoms with Gasteiger partial charge in [0.2, 0.25) is 0 Å². The lowest BCUT2D eigenvalue weighted by molar-refractivity contribution is 0.0706. The lowest BCUT2D eigenvalue weighted by Crippen LogP contribution is -2.34. The second-order valence-electron chi connectivity index (χ2n) is 4.39. The molecule has 0 radical (unpaired) electrons. The summed E-state index contributed by atoms with van der Waals surface area (Å²) in [6.07, 6.45) is 0. The molecule has 0 aliphatic rings. The van der Waals surface area contributed by atoms with Crippen LogP contribution in [-0.4, -0.2) is 49.3 Å². The molecule has 0 unspecified atom stereocenters. The topological polar surface area (TPSA) is 49.8 Å². The molecule has 108 valence electrons. The van der Waals surface area contributed by atoms with Crippen molar-refractivity contribution in [3.63, 3.8) is 0 Å². The predicted molar refractivity (Wildman–Crippen MR) is 78.6 cm³/mol. The number of hydrogen-bond donors (Lipinski definition) is 1. The highest BCUT2D eigenvalue weighted by molar-refractivity contribution is 5.96. The van der Waals surface area contributed by atoms with Crippen LogP contribution in [0.2, 0.25) is 0 Å². The zero-order chi connectivity index (χ0) is 15.0. The summed E-state index contributed by atoms with van der Waals surface area (Å²) in [5, 5.41) is 8.81. The number of likely N-dealkylation sites (N-methyl/N-ethyl adjacent to an activating group) is 1. The molecule has 0 heterocycles. The molecule has 0 bridgehead atoms. The van der Waals surface area contributed by atoms with E-state index in [-0.39, 0.29) is 12.5 Å². The first kappa shape index (κ1) is 16.2.